The van der Waals surface area contributed by atoms with E-state index in [0.29, 0.717) is 0 Å². The standard InChI is InChI=1S/C21H47P/c1-5-9-12-13-14-15-16-17-21-22(18-8-4,19-10-6-2)20-11-7-3/h22H,5-21H2,1-4H3. The van der Waals surface area contributed by atoms with Crippen molar-refractivity contribution in [2.75, 3.05) is 24.6 Å². The molecule has 0 atom stereocenters. The molecule has 1 heteroatoms. The van der Waals surface area contributed by atoms with Crippen LogP contribution < -0.4 is 0 Å². The first-order valence-electron chi connectivity index (χ1n) is 10.7. The van der Waals surface area contributed by atoms with Crippen LogP contribution in [0.3, 0.4) is 0 Å². The van der Waals surface area contributed by atoms with E-state index in [1.165, 1.54) is 77.0 Å². The van der Waals surface area contributed by atoms with Gasteiger partial charge in [-0.25, -0.2) is 0 Å². The van der Waals surface area contributed by atoms with Gasteiger partial charge in [0, 0.05) is 0 Å². The van der Waals surface area contributed by atoms with Gasteiger partial charge in [0.2, 0.25) is 0 Å². The molecule has 0 aromatic rings. The molecule has 0 aromatic carbocycles. The molecule has 0 N–H and O–H groups in total. The molecular formula is C21H47P. The molecule has 0 aliphatic carbocycles. The van der Waals surface area contributed by atoms with Gasteiger partial charge in [0.15, 0.2) is 0 Å². The molecule has 0 aliphatic heterocycles. The predicted molar refractivity (Wildman–Crippen MR) is 111 cm³/mol. The van der Waals surface area contributed by atoms with Crippen molar-refractivity contribution in [3.05, 3.63) is 0 Å². The van der Waals surface area contributed by atoms with Crippen LogP contribution in [0, 0.1) is 0 Å². The number of hydrogen-bond acceptors (Lipinski definition) is 0. The molecule has 0 radical (unpaired) electrons. The summed E-state index contributed by atoms with van der Waals surface area (Å²) in [5.41, 5.74) is 0. The SMILES string of the molecule is CCCCCCCCCC[PH](CCC)(CCCC)CCCC. The Kier molecular flexibility index (Phi) is 16.6. The Morgan fingerprint density at radius 3 is 1.23 bits per heavy atom. The third kappa shape index (κ3) is 11.9. The van der Waals surface area contributed by atoms with Crippen molar-refractivity contribution in [3.8, 4) is 0 Å². The zero-order chi connectivity index (χ0) is 16.5. The van der Waals surface area contributed by atoms with Crippen molar-refractivity contribution in [3.63, 3.8) is 0 Å². The molecule has 0 bridgehead atoms. The Morgan fingerprint density at radius 1 is 0.364 bits per heavy atom. The van der Waals surface area contributed by atoms with Crippen molar-refractivity contribution in [2.45, 2.75) is 111 Å². The first kappa shape index (κ1) is 22.4. The van der Waals surface area contributed by atoms with Crippen molar-refractivity contribution < 1.29 is 0 Å². The molecule has 0 saturated heterocycles. The summed E-state index contributed by atoms with van der Waals surface area (Å²) in [5, 5.41) is 0. The van der Waals surface area contributed by atoms with Gasteiger partial charge in [-0.15, -0.1) is 0 Å². The molecule has 0 amide bonds. The van der Waals surface area contributed by atoms with Crippen LogP contribution in [0.1, 0.15) is 111 Å². The van der Waals surface area contributed by atoms with E-state index in [9.17, 15) is 0 Å². The molecule has 0 saturated carbocycles. The van der Waals surface area contributed by atoms with Crippen LogP contribution in [0.2, 0.25) is 0 Å². The molecule has 0 fully saturated rings. The topological polar surface area (TPSA) is 0 Å². The van der Waals surface area contributed by atoms with Gasteiger partial charge >= 0.3 is 143 Å². The summed E-state index contributed by atoms with van der Waals surface area (Å²) in [6.45, 7) is 9.49. The summed E-state index contributed by atoms with van der Waals surface area (Å²) in [5.74, 6) is 0. The molecule has 0 aliphatic rings. The Labute approximate surface area is 143 Å². The Balaban J connectivity index is 4.03. The molecule has 136 valence electrons. The van der Waals surface area contributed by atoms with E-state index in [-0.39, 0.29) is 0 Å². The van der Waals surface area contributed by atoms with Crippen LogP contribution in [0.25, 0.3) is 0 Å². The Bertz CT molecular complexity index is 204. The number of hydrogen-bond donors (Lipinski definition) is 0. The summed E-state index contributed by atoms with van der Waals surface area (Å²) in [6.07, 6.45) is 25.6. The second kappa shape index (κ2) is 16.3. The van der Waals surface area contributed by atoms with Crippen molar-refractivity contribution in [1.82, 2.24) is 0 Å². The fourth-order valence-electron chi connectivity index (χ4n) is 4.02. The van der Waals surface area contributed by atoms with Gasteiger partial charge < -0.3 is 0 Å². The van der Waals surface area contributed by atoms with Crippen LogP contribution >= 0.6 is 7.26 Å². The molecule has 0 nitrogen and oxygen atoms in total. The van der Waals surface area contributed by atoms with Crippen LogP contribution in [-0.4, -0.2) is 24.6 Å². The summed E-state index contributed by atoms with van der Waals surface area (Å²) >= 11 is 0. The van der Waals surface area contributed by atoms with Gasteiger partial charge in [-0.05, 0) is 0 Å². The summed E-state index contributed by atoms with van der Waals surface area (Å²) in [6, 6.07) is 0. The van der Waals surface area contributed by atoms with E-state index < -0.39 is 7.26 Å². The van der Waals surface area contributed by atoms with Crippen LogP contribution in [0.15, 0.2) is 0 Å². The van der Waals surface area contributed by atoms with Gasteiger partial charge in [0.05, 0.1) is 0 Å². The predicted octanol–water partition coefficient (Wildman–Crippen LogP) is 7.89. The second-order valence-corrected chi connectivity index (χ2v) is 12.7. The maximum absolute atomic E-state index is 2.42. The Morgan fingerprint density at radius 2 is 0.773 bits per heavy atom. The minimum absolute atomic E-state index is 0.919. The van der Waals surface area contributed by atoms with Gasteiger partial charge in [0.1, 0.15) is 0 Å². The van der Waals surface area contributed by atoms with E-state index in [4.69, 9.17) is 0 Å². The van der Waals surface area contributed by atoms with Crippen molar-refractivity contribution in [1.29, 1.82) is 0 Å². The average molecular weight is 331 g/mol. The van der Waals surface area contributed by atoms with Gasteiger partial charge in [-0.2, -0.15) is 0 Å². The fourth-order valence-corrected chi connectivity index (χ4v) is 9.79. The van der Waals surface area contributed by atoms with Crippen molar-refractivity contribution >= 4 is 7.26 Å². The zero-order valence-electron chi connectivity index (χ0n) is 16.5. The zero-order valence-corrected chi connectivity index (χ0v) is 17.5. The van der Waals surface area contributed by atoms with Crippen LogP contribution in [0.4, 0.5) is 0 Å². The number of rotatable bonds is 17. The van der Waals surface area contributed by atoms with E-state index >= 15 is 0 Å². The summed E-state index contributed by atoms with van der Waals surface area (Å²) < 4.78 is 0. The first-order valence-corrected chi connectivity index (χ1v) is 13.6. The normalized spacial score (nSPS) is 12.7. The fraction of sp³-hybridized carbons (Fsp3) is 1.00. The van der Waals surface area contributed by atoms with E-state index in [1.54, 1.807) is 31.1 Å². The van der Waals surface area contributed by atoms with Gasteiger partial charge in [0.25, 0.3) is 0 Å². The molecule has 0 spiro atoms. The molecular weight excluding hydrogens is 283 g/mol. The van der Waals surface area contributed by atoms with Crippen LogP contribution in [0.5, 0.6) is 0 Å². The second-order valence-electron chi connectivity index (χ2n) is 7.68. The maximum atomic E-state index is 2.42. The molecule has 0 heterocycles. The Hall–Kier alpha value is 0.430. The number of unbranched alkanes of at least 4 members (excludes halogenated alkanes) is 9. The van der Waals surface area contributed by atoms with E-state index in [1.807, 2.05) is 0 Å². The molecule has 0 rings (SSSR count). The minimum atomic E-state index is -0.919. The quantitative estimate of drug-likeness (QED) is 0.188. The summed E-state index contributed by atoms with van der Waals surface area (Å²) in [4.78, 5) is 0. The third-order valence-corrected chi connectivity index (χ3v) is 11.3. The summed E-state index contributed by atoms with van der Waals surface area (Å²) in [7, 11) is -0.919. The van der Waals surface area contributed by atoms with E-state index in [2.05, 4.69) is 27.7 Å². The van der Waals surface area contributed by atoms with E-state index in [0.717, 1.165) is 0 Å². The van der Waals surface area contributed by atoms with Crippen LogP contribution in [-0.2, 0) is 0 Å². The monoisotopic (exact) mass is 330 g/mol. The average Bonchev–Trinajstić information content (AvgIpc) is 2.53. The molecule has 22 heavy (non-hydrogen) atoms. The van der Waals surface area contributed by atoms with Crippen molar-refractivity contribution in [2.24, 2.45) is 0 Å². The van der Waals surface area contributed by atoms with Gasteiger partial charge in [-0.3, -0.25) is 0 Å². The molecule has 0 unspecified atom stereocenters. The third-order valence-electron chi connectivity index (χ3n) is 5.46. The first-order chi connectivity index (χ1) is 10.7. The van der Waals surface area contributed by atoms with Gasteiger partial charge in [-0.1, -0.05) is 0 Å². The molecule has 0 aromatic heterocycles.